The van der Waals surface area contributed by atoms with Crippen LogP contribution in [0.4, 0.5) is 22.0 Å². The van der Waals surface area contributed by atoms with E-state index < -0.39 is 57.7 Å². The molecule has 0 spiro atoms. The van der Waals surface area contributed by atoms with Gasteiger partial charge in [0.2, 0.25) is 0 Å². The van der Waals surface area contributed by atoms with E-state index in [1.54, 1.807) is 6.92 Å². The number of carbonyl (C=O) groups is 2. The monoisotopic (exact) mass is 570 g/mol. The number of ether oxygens (including phenoxy) is 3. The topological polar surface area (TPSA) is 116 Å². The lowest BCUT2D eigenvalue weighted by Gasteiger charge is -2.55. The molecule has 1 N–H and O–H groups in total. The predicted octanol–water partition coefficient (Wildman–Crippen LogP) is 4.81. The zero-order valence-electron chi connectivity index (χ0n) is 20.3. The fourth-order valence-corrected chi connectivity index (χ4v) is 6.55. The number of benzene rings is 1. The Morgan fingerprint density at radius 2 is 1.47 bits per heavy atom. The Morgan fingerprint density at radius 1 is 0.974 bits per heavy atom. The van der Waals surface area contributed by atoms with Crippen molar-refractivity contribution in [2.75, 3.05) is 6.61 Å². The van der Waals surface area contributed by atoms with Crippen molar-refractivity contribution in [3.05, 3.63) is 29.8 Å². The Hall–Kier alpha value is -2.32. The maximum Gasteiger partial charge on any atom is 0.468 e. The van der Waals surface area contributed by atoms with Crippen LogP contribution in [0.15, 0.2) is 24.3 Å². The van der Waals surface area contributed by atoms with E-state index in [9.17, 15) is 40.0 Å². The van der Waals surface area contributed by atoms with Crippen LogP contribution in [0.5, 0.6) is 5.75 Å². The Bertz CT molecular complexity index is 1150. The van der Waals surface area contributed by atoms with Crippen molar-refractivity contribution in [2.24, 2.45) is 23.2 Å². The molecule has 0 aromatic heterocycles. The van der Waals surface area contributed by atoms with Gasteiger partial charge in [-0.25, -0.2) is 4.79 Å². The molecule has 8 nitrogen and oxygen atoms in total. The third-order valence-corrected chi connectivity index (χ3v) is 8.62. The molecule has 14 heteroatoms. The van der Waals surface area contributed by atoms with Crippen LogP contribution in [0, 0.1) is 30.1 Å². The number of esters is 2. The van der Waals surface area contributed by atoms with E-state index in [0.29, 0.717) is 5.56 Å². The quantitative estimate of drug-likeness (QED) is 0.148. The van der Waals surface area contributed by atoms with Gasteiger partial charge in [-0.05, 0) is 75.3 Å². The molecule has 4 aliphatic carbocycles. The summed E-state index contributed by atoms with van der Waals surface area (Å²) >= 11 is 0. The summed E-state index contributed by atoms with van der Waals surface area (Å²) in [5.41, 5.74) is -0.610. The predicted molar refractivity (Wildman–Crippen MR) is 119 cm³/mol. The smallest absolute Gasteiger partial charge is 0.421 e. The fourth-order valence-electron chi connectivity index (χ4n) is 6.21. The summed E-state index contributed by atoms with van der Waals surface area (Å²) in [5, 5.41) is -4.89. The number of rotatable bonds is 9. The highest BCUT2D eigenvalue weighted by Gasteiger charge is 2.70. The Kier molecular flexibility index (Phi) is 7.32. The van der Waals surface area contributed by atoms with Crippen LogP contribution in [-0.4, -0.2) is 48.7 Å². The third-order valence-electron chi connectivity index (χ3n) is 7.66. The summed E-state index contributed by atoms with van der Waals surface area (Å²) in [5.74, 6) is -8.09. The van der Waals surface area contributed by atoms with Gasteiger partial charge in [-0.1, -0.05) is 17.7 Å². The lowest BCUT2D eigenvalue weighted by molar-refractivity contribution is -0.357. The number of carbonyl (C=O) groups excluding carboxylic acids is 2. The van der Waals surface area contributed by atoms with Gasteiger partial charge in [-0.3, -0.25) is 9.35 Å². The van der Waals surface area contributed by atoms with Crippen molar-refractivity contribution < 1.29 is 58.7 Å². The molecule has 38 heavy (non-hydrogen) atoms. The standard InChI is InChI=1S/C24H27F5O8S/c1-14-2-4-18(5-3-14)36-20(31)23(24(27,28)29,35-7-6-22(25,26)38(32,33)34)37-19(30)21-11-15-8-16(12-21)10-17(9-15)13-21/h2-5,15-17H,6-13H2,1H3,(H,32,33,34). The minimum absolute atomic E-state index is 0.114. The van der Waals surface area contributed by atoms with Crippen molar-refractivity contribution >= 4 is 22.1 Å². The normalized spacial score (nSPS) is 28.6. The van der Waals surface area contributed by atoms with Gasteiger partial charge in [0.1, 0.15) is 5.75 Å². The molecule has 0 amide bonds. The molecule has 4 saturated carbocycles. The van der Waals surface area contributed by atoms with Crippen LogP contribution >= 0.6 is 0 Å². The van der Waals surface area contributed by atoms with Crippen molar-refractivity contribution in [1.29, 1.82) is 0 Å². The van der Waals surface area contributed by atoms with Gasteiger partial charge in [0, 0.05) is 0 Å². The molecule has 0 radical (unpaired) electrons. The summed E-state index contributed by atoms with van der Waals surface area (Å²) in [6, 6.07) is 5.18. The number of alkyl halides is 5. The van der Waals surface area contributed by atoms with Crippen molar-refractivity contribution in [1.82, 2.24) is 0 Å². The van der Waals surface area contributed by atoms with Crippen molar-refractivity contribution in [3.8, 4) is 5.75 Å². The first-order valence-corrected chi connectivity index (χ1v) is 13.5. The van der Waals surface area contributed by atoms with Gasteiger partial charge in [0.05, 0.1) is 18.4 Å². The number of hydrogen-bond donors (Lipinski definition) is 1. The Labute approximate surface area is 215 Å². The summed E-state index contributed by atoms with van der Waals surface area (Å²) in [7, 11) is -6.00. The highest BCUT2D eigenvalue weighted by atomic mass is 32.2. The maximum atomic E-state index is 14.5. The second-order valence-electron chi connectivity index (χ2n) is 10.6. The third kappa shape index (κ3) is 5.39. The highest BCUT2D eigenvalue weighted by molar-refractivity contribution is 7.86. The molecule has 0 saturated heterocycles. The molecular formula is C24H27F5O8S. The van der Waals surface area contributed by atoms with Gasteiger partial charge >= 0.3 is 39.3 Å². The SMILES string of the molecule is Cc1ccc(OC(=O)C(OCCC(F)(F)S(=O)(=O)O)(OC(=O)C23CC4CC(CC(C4)C2)C3)C(F)(F)F)cc1. The zero-order chi connectivity index (χ0) is 28.1. The zero-order valence-corrected chi connectivity index (χ0v) is 21.1. The number of halogens is 5. The van der Waals surface area contributed by atoms with E-state index in [1.165, 1.54) is 24.3 Å². The van der Waals surface area contributed by atoms with E-state index in [-0.39, 0.29) is 42.8 Å². The molecule has 1 atom stereocenters. The molecule has 4 fully saturated rings. The van der Waals surface area contributed by atoms with Crippen LogP contribution in [0.2, 0.25) is 0 Å². The first-order valence-electron chi connectivity index (χ1n) is 12.0. The average molecular weight is 571 g/mol. The largest absolute Gasteiger partial charge is 0.468 e. The molecule has 212 valence electrons. The van der Waals surface area contributed by atoms with Crippen LogP contribution in [0.3, 0.4) is 0 Å². The fraction of sp³-hybridized carbons (Fsp3) is 0.667. The Balaban J connectivity index is 1.65. The molecule has 4 aliphatic rings. The Morgan fingerprint density at radius 3 is 1.92 bits per heavy atom. The number of hydrogen-bond acceptors (Lipinski definition) is 7. The van der Waals surface area contributed by atoms with Crippen LogP contribution in [0.1, 0.15) is 50.5 Å². The van der Waals surface area contributed by atoms with Gasteiger partial charge in [0.15, 0.2) is 0 Å². The molecule has 1 aromatic rings. The van der Waals surface area contributed by atoms with Gasteiger partial charge < -0.3 is 14.2 Å². The van der Waals surface area contributed by atoms with Crippen LogP contribution < -0.4 is 4.74 Å². The van der Waals surface area contributed by atoms with E-state index in [0.717, 1.165) is 19.3 Å². The summed E-state index contributed by atoms with van der Waals surface area (Å²) < 4.78 is 116. The molecule has 5 rings (SSSR count). The molecule has 0 heterocycles. The van der Waals surface area contributed by atoms with Gasteiger partial charge in [-0.15, -0.1) is 0 Å². The summed E-state index contributed by atoms with van der Waals surface area (Å²) in [4.78, 5) is 26.4. The second kappa shape index (κ2) is 9.70. The van der Waals surface area contributed by atoms with E-state index in [1.807, 2.05) is 0 Å². The molecule has 4 bridgehead atoms. The van der Waals surface area contributed by atoms with Gasteiger partial charge in [-0.2, -0.15) is 30.4 Å². The average Bonchev–Trinajstić information content (AvgIpc) is 2.77. The molecule has 0 aliphatic heterocycles. The second-order valence-corrected chi connectivity index (χ2v) is 12.2. The van der Waals surface area contributed by atoms with E-state index in [2.05, 4.69) is 4.74 Å². The molecule has 1 aromatic carbocycles. The van der Waals surface area contributed by atoms with E-state index >= 15 is 0 Å². The summed E-state index contributed by atoms with van der Waals surface area (Å²) in [6.07, 6.45) is -4.45. The lowest BCUT2D eigenvalue weighted by atomic mass is 9.49. The van der Waals surface area contributed by atoms with E-state index in [4.69, 9.17) is 14.0 Å². The summed E-state index contributed by atoms with van der Waals surface area (Å²) in [6.45, 7) is -0.0686. The van der Waals surface area contributed by atoms with Crippen molar-refractivity contribution in [3.63, 3.8) is 0 Å². The molecule has 1 unspecified atom stereocenters. The molecular weight excluding hydrogens is 543 g/mol. The number of aryl methyl sites for hydroxylation is 1. The lowest BCUT2D eigenvalue weighted by Crippen LogP contribution is -2.62. The van der Waals surface area contributed by atoms with Crippen LogP contribution in [0.25, 0.3) is 0 Å². The van der Waals surface area contributed by atoms with Gasteiger partial charge in [0.25, 0.3) is 0 Å². The first-order chi connectivity index (χ1) is 17.5. The first kappa shape index (κ1) is 28.7. The van der Waals surface area contributed by atoms with Crippen LogP contribution in [-0.2, 0) is 29.2 Å². The maximum absolute atomic E-state index is 14.5. The van der Waals surface area contributed by atoms with Crippen molar-refractivity contribution in [2.45, 2.75) is 69.1 Å². The minimum atomic E-state index is -6.00. The highest BCUT2D eigenvalue weighted by Crippen LogP contribution is 2.61. The minimum Gasteiger partial charge on any atom is -0.421 e.